The topological polar surface area (TPSA) is 38.1 Å². The van der Waals surface area contributed by atoms with Crippen molar-refractivity contribution in [1.29, 1.82) is 0 Å². The van der Waals surface area contributed by atoms with Crippen LogP contribution in [0.4, 0.5) is 0 Å². The minimum absolute atomic E-state index is 0.0538. The number of aromatic nitrogens is 2. The van der Waals surface area contributed by atoms with Gasteiger partial charge in [-0.3, -0.25) is 9.48 Å². The van der Waals surface area contributed by atoms with Crippen molar-refractivity contribution in [2.24, 2.45) is 0 Å². The predicted octanol–water partition coefficient (Wildman–Crippen LogP) is 1.31. The highest BCUT2D eigenvalue weighted by Crippen LogP contribution is 1.94. The predicted molar refractivity (Wildman–Crippen MR) is 57.0 cm³/mol. The maximum absolute atomic E-state index is 11.2. The van der Waals surface area contributed by atoms with Gasteiger partial charge >= 0.3 is 0 Å². The molecule has 0 aliphatic rings. The molecular formula is C10H19N3O. The van der Waals surface area contributed by atoms with Crippen LogP contribution in [0, 0.1) is 6.92 Å². The van der Waals surface area contributed by atoms with Gasteiger partial charge in [-0.1, -0.05) is 13.8 Å². The minimum Gasteiger partial charge on any atom is -0.347 e. The van der Waals surface area contributed by atoms with Crippen molar-refractivity contribution < 1.29 is 4.79 Å². The van der Waals surface area contributed by atoms with Crippen molar-refractivity contribution in [3.8, 4) is 0 Å². The smallest absolute Gasteiger partial charge is 0.243 e. The molecule has 14 heavy (non-hydrogen) atoms. The van der Waals surface area contributed by atoms with Crippen LogP contribution in [0.5, 0.6) is 0 Å². The first-order valence-corrected chi connectivity index (χ1v) is 4.79. The van der Waals surface area contributed by atoms with Gasteiger partial charge in [0, 0.05) is 20.3 Å². The van der Waals surface area contributed by atoms with Gasteiger partial charge in [0.05, 0.1) is 6.20 Å². The Labute approximate surface area is 85.5 Å². The van der Waals surface area contributed by atoms with Gasteiger partial charge < -0.3 is 4.90 Å². The van der Waals surface area contributed by atoms with Gasteiger partial charge in [-0.05, 0) is 12.5 Å². The van der Waals surface area contributed by atoms with Crippen molar-refractivity contribution in [3.05, 3.63) is 18.0 Å². The molecule has 0 unspecified atom stereocenters. The zero-order valence-corrected chi connectivity index (χ0v) is 9.61. The van der Waals surface area contributed by atoms with Crippen LogP contribution in [0.1, 0.15) is 19.4 Å². The molecule has 0 spiro atoms. The number of rotatable bonds is 2. The van der Waals surface area contributed by atoms with Gasteiger partial charge in [0.2, 0.25) is 5.91 Å². The third-order valence-electron chi connectivity index (χ3n) is 1.56. The Hall–Kier alpha value is -1.32. The SMILES string of the molecule is CC.Cc1cnn(CC(=O)N(C)C)c1. The van der Waals surface area contributed by atoms with Crippen LogP contribution in [0.2, 0.25) is 0 Å². The molecule has 0 radical (unpaired) electrons. The van der Waals surface area contributed by atoms with E-state index in [9.17, 15) is 4.79 Å². The summed E-state index contributed by atoms with van der Waals surface area (Å²) in [4.78, 5) is 12.7. The average molecular weight is 197 g/mol. The summed E-state index contributed by atoms with van der Waals surface area (Å²) in [5.74, 6) is 0.0538. The summed E-state index contributed by atoms with van der Waals surface area (Å²) >= 11 is 0. The van der Waals surface area contributed by atoms with Crippen molar-refractivity contribution in [3.63, 3.8) is 0 Å². The second-order valence-corrected chi connectivity index (χ2v) is 3.00. The average Bonchev–Trinajstić information content (AvgIpc) is 2.54. The van der Waals surface area contributed by atoms with Crippen LogP contribution >= 0.6 is 0 Å². The molecule has 0 saturated heterocycles. The summed E-state index contributed by atoms with van der Waals surface area (Å²) in [6, 6.07) is 0. The Bertz CT molecular complexity index is 279. The van der Waals surface area contributed by atoms with E-state index >= 15 is 0 Å². The summed E-state index contributed by atoms with van der Waals surface area (Å²) in [6.07, 6.45) is 3.59. The highest BCUT2D eigenvalue weighted by Gasteiger charge is 2.04. The maximum atomic E-state index is 11.2. The molecular weight excluding hydrogens is 178 g/mol. The van der Waals surface area contributed by atoms with Crippen LogP contribution in [0.3, 0.4) is 0 Å². The summed E-state index contributed by atoms with van der Waals surface area (Å²) < 4.78 is 1.64. The summed E-state index contributed by atoms with van der Waals surface area (Å²) in [5.41, 5.74) is 1.07. The number of hydrogen-bond donors (Lipinski definition) is 0. The molecule has 80 valence electrons. The lowest BCUT2D eigenvalue weighted by atomic mass is 10.4. The Morgan fingerprint density at radius 2 is 2.07 bits per heavy atom. The van der Waals surface area contributed by atoms with Gasteiger partial charge in [-0.15, -0.1) is 0 Å². The standard InChI is InChI=1S/C8H13N3O.C2H6/c1-7-4-9-11(5-7)6-8(12)10(2)3;1-2/h4-5H,6H2,1-3H3;1-2H3. The molecule has 0 aliphatic heterocycles. The third-order valence-corrected chi connectivity index (χ3v) is 1.56. The fraction of sp³-hybridized carbons (Fsp3) is 0.600. The summed E-state index contributed by atoms with van der Waals surface area (Å²) in [7, 11) is 3.47. The highest BCUT2D eigenvalue weighted by molar-refractivity contribution is 5.75. The third kappa shape index (κ3) is 4.07. The summed E-state index contributed by atoms with van der Waals surface area (Å²) in [5, 5.41) is 4.01. The zero-order chi connectivity index (χ0) is 11.1. The molecule has 0 aromatic carbocycles. The van der Waals surface area contributed by atoms with Gasteiger partial charge in [-0.2, -0.15) is 5.10 Å². The van der Waals surface area contributed by atoms with Gasteiger partial charge in [-0.25, -0.2) is 0 Å². The Morgan fingerprint density at radius 3 is 2.43 bits per heavy atom. The molecule has 0 bridgehead atoms. The molecule has 1 heterocycles. The first-order chi connectivity index (χ1) is 6.59. The van der Waals surface area contributed by atoms with E-state index in [1.165, 1.54) is 0 Å². The van der Waals surface area contributed by atoms with Crippen molar-refractivity contribution in [2.75, 3.05) is 14.1 Å². The number of carbonyl (C=O) groups is 1. The van der Waals surface area contributed by atoms with Crippen LogP contribution in [0.15, 0.2) is 12.4 Å². The largest absolute Gasteiger partial charge is 0.347 e. The second kappa shape index (κ2) is 6.18. The van der Waals surface area contributed by atoms with E-state index < -0.39 is 0 Å². The monoisotopic (exact) mass is 197 g/mol. The molecule has 1 rings (SSSR count). The Morgan fingerprint density at radius 1 is 1.50 bits per heavy atom. The number of nitrogens with zero attached hydrogens (tertiary/aromatic N) is 3. The lowest BCUT2D eigenvalue weighted by Crippen LogP contribution is -2.26. The lowest BCUT2D eigenvalue weighted by molar-refractivity contribution is -0.129. The fourth-order valence-corrected chi connectivity index (χ4v) is 0.833. The number of amides is 1. The summed E-state index contributed by atoms with van der Waals surface area (Å²) in [6.45, 7) is 6.27. The maximum Gasteiger partial charge on any atom is 0.243 e. The van der Waals surface area contributed by atoms with Crippen molar-refractivity contribution in [2.45, 2.75) is 27.3 Å². The van der Waals surface area contributed by atoms with E-state index in [1.54, 1.807) is 29.9 Å². The molecule has 4 nitrogen and oxygen atoms in total. The normalized spacial score (nSPS) is 8.93. The number of hydrogen-bond acceptors (Lipinski definition) is 2. The van der Waals surface area contributed by atoms with Gasteiger partial charge in [0.15, 0.2) is 0 Å². The molecule has 0 fully saturated rings. The highest BCUT2D eigenvalue weighted by atomic mass is 16.2. The molecule has 1 aromatic rings. The fourth-order valence-electron chi connectivity index (χ4n) is 0.833. The first kappa shape index (κ1) is 12.7. The molecule has 1 amide bonds. The number of carbonyl (C=O) groups excluding carboxylic acids is 1. The minimum atomic E-state index is 0.0538. The van der Waals surface area contributed by atoms with Crippen molar-refractivity contribution >= 4 is 5.91 Å². The Kier molecular flexibility index (Phi) is 5.60. The van der Waals surface area contributed by atoms with E-state index in [0.717, 1.165) is 5.56 Å². The van der Waals surface area contributed by atoms with E-state index in [1.807, 2.05) is 27.0 Å². The van der Waals surface area contributed by atoms with Crippen LogP contribution in [0.25, 0.3) is 0 Å². The molecule has 4 heteroatoms. The Balaban J connectivity index is 0.000000791. The number of likely N-dealkylation sites (N-methyl/N-ethyl adjacent to an activating group) is 1. The van der Waals surface area contributed by atoms with Crippen LogP contribution < -0.4 is 0 Å². The second-order valence-electron chi connectivity index (χ2n) is 3.00. The molecule has 0 saturated carbocycles. The van der Waals surface area contributed by atoms with Crippen molar-refractivity contribution in [1.82, 2.24) is 14.7 Å². The molecule has 1 aromatic heterocycles. The van der Waals surface area contributed by atoms with E-state index in [4.69, 9.17) is 0 Å². The van der Waals surface area contributed by atoms with Gasteiger partial charge in [0.25, 0.3) is 0 Å². The van der Waals surface area contributed by atoms with Crippen LogP contribution in [-0.2, 0) is 11.3 Å². The molecule has 0 aliphatic carbocycles. The van der Waals surface area contributed by atoms with E-state index in [-0.39, 0.29) is 5.91 Å². The number of aryl methyl sites for hydroxylation is 1. The first-order valence-electron chi connectivity index (χ1n) is 4.79. The van der Waals surface area contributed by atoms with Gasteiger partial charge in [0.1, 0.15) is 6.54 Å². The van der Waals surface area contributed by atoms with E-state index in [0.29, 0.717) is 6.54 Å². The zero-order valence-electron chi connectivity index (χ0n) is 9.61. The molecule has 0 N–H and O–H groups in total. The molecule has 0 atom stereocenters. The quantitative estimate of drug-likeness (QED) is 0.717. The van der Waals surface area contributed by atoms with Crippen LogP contribution in [-0.4, -0.2) is 34.7 Å². The van der Waals surface area contributed by atoms with E-state index in [2.05, 4.69) is 5.10 Å². The lowest BCUT2D eigenvalue weighted by Gasteiger charge is -2.09.